The number of benzene rings is 3. The Balaban J connectivity index is 1.77. The van der Waals surface area contributed by atoms with Crippen molar-refractivity contribution in [2.24, 2.45) is 0 Å². The fourth-order valence-electron chi connectivity index (χ4n) is 3.54. The quantitative estimate of drug-likeness (QED) is 0.543. The van der Waals surface area contributed by atoms with Crippen molar-refractivity contribution in [1.29, 1.82) is 0 Å². The molecule has 1 aromatic heterocycles. The number of Topliss-reactive ketones (excluding diaryl/α,β-unsaturated/α-hetero) is 2. The van der Waals surface area contributed by atoms with Crippen LogP contribution in [-0.4, -0.2) is 21.5 Å². The van der Waals surface area contributed by atoms with Crippen molar-refractivity contribution in [2.45, 2.75) is 5.92 Å². The zero-order valence-electron chi connectivity index (χ0n) is 12.6. The number of carbonyl (C=O) groups excluding carboxylic acids is 2. The van der Waals surface area contributed by atoms with Crippen LogP contribution < -0.4 is 0 Å². The number of H-pyrrole nitrogens is 1. The van der Waals surface area contributed by atoms with Crippen LogP contribution in [0.25, 0.3) is 21.8 Å². The van der Waals surface area contributed by atoms with E-state index in [9.17, 15) is 9.59 Å². The number of nitrogens with one attached hydrogen (secondary N) is 1. The van der Waals surface area contributed by atoms with E-state index in [-0.39, 0.29) is 11.6 Å². The number of hydrogen-bond donors (Lipinski definition) is 1. The van der Waals surface area contributed by atoms with Gasteiger partial charge in [0.15, 0.2) is 11.6 Å². The van der Waals surface area contributed by atoms with Gasteiger partial charge in [0, 0.05) is 16.5 Å². The molecule has 0 bridgehead atoms. The second kappa shape index (κ2) is 4.61. The topological polar surface area (TPSA) is 62.8 Å². The second-order valence-electron chi connectivity index (χ2n) is 6.01. The molecule has 5 rings (SSSR count). The third-order valence-corrected chi connectivity index (χ3v) is 4.64. The summed E-state index contributed by atoms with van der Waals surface area (Å²) in [5.74, 6) is -0.873. The molecule has 0 unspecified atom stereocenters. The molecule has 1 heterocycles. The van der Waals surface area contributed by atoms with Crippen LogP contribution in [0.1, 0.15) is 32.5 Å². The summed E-state index contributed by atoms with van der Waals surface area (Å²) in [6, 6.07) is 18.6. The van der Waals surface area contributed by atoms with Gasteiger partial charge < -0.3 is 4.98 Å². The number of aromatic amines is 1. The number of fused-ring (bicyclic) bond motifs is 1. The van der Waals surface area contributed by atoms with Crippen LogP contribution in [0, 0.1) is 0 Å². The minimum absolute atomic E-state index is 0.191. The summed E-state index contributed by atoms with van der Waals surface area (Å²) < 4.78 is 0. The summed E-state index contributed by atoms with van der Waals surface area (Å²) in [4.78, 5) is 33.6. The van der Waals surface area contributed by atoms with E-state index in [1.807, 2.05) is 48.5 Å². The molecule has 4 nitrogen and oxygen atoms in total. The van der Waals surface area contributed by atoms with Gasteiger partial charge in [-0.3, -0.25) is 9.59 Å². The number of aromatic nitrogens is 2. The van der Waals surface area contributed by atoms with E-state index in [2.05, 4.69) is 9.97 Å². The molecule has 0 radical (unpaired) electrons. The van der Waals surface area contributed by atoms with Crippen molar-refractivity contribution < 1.29 is 9.59 Å². The van der Waals surface area contributed by atoms with Gasteiger partial charge in [-0.15, -0.1) is 0 Å². The molecule has 0 atom stereocenters. The van der Waals surface area contributed by atoms with Crippen molar-refractivity contribution in [3.05, 3.63) is 77.6 Å². The lowest BCUT2D eigenvalue weighted by atomic mass is 9.79. The molecule has 0 spiro atoms. The highest BCUT2D eigenvalue weighted by molar-refractivity contribution is 6.31. The predicted molar refractivity (Wildman–Crippen MR) is 91.4 cm³/mol. The largest absolute Gasteiger partial charge is 0.341 e. The van der Waals surface area contributed by atoms with Gasteiger partial charge in [0.05, 0.1) is 11.0 Å². The van der Waals surface area contributed by atoms with Gasteiger partial charge in [-0.2, -0.15) is 0 Å². The summed E-state index contributed by atoms with van der Waals surface area (Å²) in [5, 5.41) is 1.66. The Morgan fingerprint density at radius 3 is 2.12 bits per heavy atom. The molecule has 1 aliphatic carbocycles. The van der Waals surface area contributed by atoms with Crippen LogP contribution in [0.2, 0.25) is 0 Å². The van der Waals surface area contributed by atoms with E-state index in [1.54, 1.807) is 12.1 Å². The summed E-state index contributed by atoms with van der Waals surface area (Å²) in [5.41, 5.74) is 2.76. The summed E-state index contributed by atoms with van der Waals surface area (Å²) in [6.07, 6.45) is 0. The maximum Gasteiger partial charge on any atom is 0.181 e. The highest BCUT2D eigenvalue weighted by atomic mass is 16.2. The average molecular weight is 312 g/mol. The van der Waals surface area contributed by atoms with Crippen molar-refractivity contribution in [3.63, 3.8) is 0 Å². The molecule has 0 aliphatic heterocycles. The molecule has 1 N–H and O–H groups in total. The molecular weight excluding hydrogens is 300 g/mol. The normalized spacial score (nSPS) is 14.7. The number of ketones is 2. The number of nitrogens with zero attached hydrogens (tertiary/aromatic N) is 1. The molecule has 0 saturated heterocycles. The Kier molecular flexibility index (Phi) is 2.54. The lowest BCUT2D eigenvalue weighted by Crippen LogP contribution is -2.28. The molecule has 3 aromatic carbocycles. The van der Waals surface area contributed by atoms with Gasteiger partial charge in [-0.25, -0.2) is 4.98 Å². The minimum Gasteiger partial charge on any atom is -0.341 e. The molecule has 0 fully saturated rings. The van der Waals surface area contributed by atoms with Crippen molar-refractivity contribution in [3.8, 4) is 0 Å². The van der Waals surface area contributed by atoms with Crippen molar-refractivity contribution >= 4 is 33.4 Å². The summed E-state index contributed by atoms with van der Waals surface area (Å²) in [7, 11) is 0. The molecular formula is C20H12N2O2. The maximum atomic E-state index is 13.0. The van der Waals surface area contributed by atoms with Gasteiger partial charge in [0.1, 0.15) is 11.7 Å². The Labute approximate surface area is 137 Å². The molecule has 114 valence electrons. The second-order valence-corrected chi connectivity index (χ2v) is 6.01. The average Bonchev–Trinajstić information content (AvgIpc) is 3.03. The van der Waals surface area contributed by atoms with E-state index in [0.717, 1.165) is 21.8 Å². The zero-order valence-corrected chi connectivity index (χ0v) is 12.6. The fourth-order valence-corrected chi connectivity index (χ4v) is 3.54. The lowest BCUT2D eigenvalue weighted by molar-refractivity contribution is 0.0852. The first-order chi connectivity index (χ1) is 11.7. The maximum absolute atomic E-state index is 13.0. The van der Waals surface area contributed by atoms with Gasteiger partial charge in [-0.1, -0.05) is 48.5 Å². The number of rotatable bonds is 1. The first-order valence-corrected chi connectivity index (χ1v) is 7.79. The van der Waals surface area contributed by atoms with E-state index in [0.29, 0.717) is 17.0 Å². The van der Waals surface area contributed by atoms with Crippen molar-refractivity contribution in [2.75, 3.05) is 0 Å². The van der Waals surface area contributed by atoms with Gasteiger partial charge >= 0.3 is 0 Å². The molecule has 1 aliphatic rings. The number of carbonyl (C=O) groups is 2. The molecule has 4 aromatic rings. The van der Waals surface area contributed by atoms with E-state index in [4.69, 9.17) is 0 Å². The van der Waals surface area contributed by atoms with E-state index < -0.39 is 5.92 Å². The standard InChI is InChI=1S/C20H12N2O2/c23-18-12-7-3-5-11-6-4-8-13(16(11)12)19(24)17(18)20-21-14-9-1-2-10-15(14)22-20/h1-10,17H,(H,21,22). The molecule has 0 amide bonds. The van der Waals surface area contributed by atoms with Gasteiger partial charge in [0.25, 0.3) is 0 Å². The summed E-state index contributed by atoms with van der Waals surface area (Å²) in [6.45, 7) is 0. The Bertz CT molecular complexity index is 1070. The Morgan fingerprint density at radius 1 is 0.792 bits per heavy atom. The van der Waals surface area contributed by atoms with Crippen LogP contribution in [0.3, 0.4) is 0 Å². The first kappa shape index (κ1) is 13.2. The van der Waals surface area contributed by atoms with Crippen LogP contribution in [0.5, 0.6) is 0 Å². The summed E-state index contributed by atoms with van der Waals surface area (Å²) >= 11 is 0. The number of imidazole rings is 1. The third-order valence-electron chi connectivity index (χ3n) is 4.64. The predicted octanol–water partition coefficient (Wildman–Crippen LogP) is 3.88. The monoisotopic (exact) mass is 312 g/mol. The molecule has 24 heavy (non-hydrogen) atoms. The molecule has 4 heteroatoms. The third kappa shape index (κ3) is 1.65. The fraction of sp³-hybridized carbons (Fsp3) is 0.0500. The number of hydrogen-bond acceptors (Lipinski definition) is 3. The smallest absolute Gasteiger partial charge is 0.181 e. The van der Waals surface area contributed by atoms with Crippen LogP contribution >= 0.6 is 0 Å². The lowest BCUT2D eigenvalue weighted by Gasteiger charge is -2.21. The van der Waals surface area contributed by atoms with Crippen LogP contribution in [-0.2, 0) is 0 Å². The minimum atomic E-state index is -0.905. The van der Waals surface area contributed by atoms with Gasteiger partial charge in [0.2, 0.25) is 0 Å². The van der Waals surface area contributed by atoms with E-state index in [1.165, 1.54) is 0 Å². The SMILES string of the molecule is O=C1c2cccc3cccc(c23)C(=O)C1c1nc2ccccc2[nH]1. The zero-order chi connectivity index (χ0) is 16.3. The van der Waals surface area contributed by atoms with E-state index >= 15 is 0 Å². The Hall–Kier alpha value is -3.27. The number of para-hydroxylation sites is 2. The Morgan fingerprint density at radius 2 is 1.46 bits per heavy atom. The first-order valence-electron chi connectivity index (χ1n) is 7.79. The highest BCUT2D eigenvalue weighted by Crippen LogP contribution is 2.36. The van der Waals surface area contributed by atoms with Crippen LogP contribution in [0.4, 0.5) is 0 Å². The molecule has 0 saturated carbocycles. The van der Waals surface area contributed by atoms with Crippen molar-refractivity contribution in [1.82, 2.24) is 9.97 Å². The highest BCUT2D eigenvalue weighted by Gasteiger charge is 2.38. The van der Waals surface area contributed by atoms with Gasteiger partial charge in [-0.05, 0) is 17.5 Å². The van der Waals surface area contributed by atoms with Crippen LogP contribution in [0.15, 0.2) is 60.7 Å².